The molecule has 146 valence electrons. The first kappa shape index (κ1) is 21.1. The van der Waals surface area contributed by atoms with E-state index in [1.807, 2.05) is 30.0 Å². The van der Waals surface area contributed by atoms with Crippen LogP contribution >= 0.6 is 12.4 Å². The van der Waals surface area contributed by atoms with E-state index in [-0.39, 0.29) is 30.2 Å². The average Bonchev–Trinajstić information content (AvgIpc) is 3.12. The molecule has 2 aromatic rings. The van der Waals surface area contributed by atoms with Gasteiger partial charge < -0.3 is 20.1 Å². The highest BCUT2D eigenvalue weighted by atomic mass is 35.5. The van der Waals surface area contributed by atoms with Crippen LogP contribution in [0.3, 0.4) is 0 Å². The van der Waals surface area contributed by atoms with Gasteiger partial charge in [-0.15, -0.1) is 12.4 Å². The third kappa shape index (κ3) is 4.20. The fourth-order valence-electron chi connectivity index (χ4n) is 3.75. The highest BCUT2D eigenvalue weighted by molar-refractivity contribution is 5.95. The van der Waals surface area contributed by atoms with Crippen LogP contribution in [0.4, 0.5) is 0 Å². The Morgan fingerprint density at radius 3 is 2.22 bits per heavy atom. The van der Waals surface area contributed by atoms with Gasteiger partial charge in [0.05, 0.1) is 14.2 Å². The van der Waals surface area contributed by atoms with E-state index in [1.165, 1.54) is 5.56 Å². The summed E-state index contributed by atoms with van der Waals surface area (Å²) in [5.74, 6) is 1.82. The van der Waals surface area contributed by atoms with E-state index < -0.39 is 0 Å². The molecule has 2 atom stereocenters. The molecular weight excluding hydrogens is 364 g/mol. The normalized spacial score (nSPS) is 18.7. The lowest BCUT2D eigenvalue weighted by Crippen LogP contribution is -2.30. The Morgan fingerprint density at radius 2 is 1.70 bits per heavy atom. The number of carbonyl (C=O) groups is 1. The summed E-state index contributed by atoms with van der Waals surface area (Å²) in [6, 6.07) is 13.9. The first-order valence-corrected chi connectivity index (χ1v) is 8.86. The van der Waals surface area contributed by atoms with E-state index in [4.69, 9.17) is 15.2 Å². The number of benzene rings is 2. The number of methoxy groups -OCH3 is 2. The summed E-state index contributed by atoms with van der Waals surface area (Å²) in [7, 11) is 3.20. The summed E-state index contributed by atoms with van der Waals surface area (Å²) in [5, 5.41) is 0. The number of carbonyl (C=O) groups excluding carboxylic acids is 1. The van der Waals surface area contributed by atoms with E-state index in [9.17, 15) is 4.79 Å². The number of nitrogens with two attached hydrogens (primary N) is 1. The van der Waals surface area contributed by atoms with Crippen LogP contribution < -0.4 is 15.2 Å². The molecule has 1 aliphatic heterocycles. The Balaban J connectivity index is 0.00000261. The Hall–Kier alpha value is -2.24. The maximum atomic E-state index is 13.1. The molecule has 2 N–H and O–H groups in total. The quantitative estimate of drug-likeness (QED) is 0.851. The number of rotatable bonds is 5. The summed E-state index contributed by atoms with van der Waals surface area (Å²) in [6.07, 6.45) is 0. The lowest BCUT2D eigenvalue weighted by Gasteiger charge is -2.19. The summed E-state index contributed by atoms with van der Waals surface area (Å²) >= 11 is 0. The van der Waals surface area contributed by atoms with Crippen LogP contribution in [-0.4, -0.2) is 44.7 Å². The molecule has 1 amide bonds. The third-order valence-corrected chi connectivity index (χ3v) is 5.26. The van der Waals surface area contributed by atoms with E-state index in [0.29, 0.717) is 36.7 Å². The number of likely N-dealkylation sites (tertiary alicyclic amines) is 1. The van der Waals surface area contributed by atoms with Crippen molar-refractivity contribution in [3.8, 4) is 11.5 Å². The van der Waals surface area contributed by atoms with Gasteiger partial charge in [-0.05, 0) is 37.1 Å². The van der Waals surface area contributed by atoms with E-state index in [1.54, 1.807) is 26.4 Å². The van der Waals surface area contributed by atoms with E-state index >= 15 is 0 Å². The third-order valence-electron chi connectivity index (χ3n) is 5.26. The maximum Gasteiger partial charge on any atom is 0.254 e. The molecule has 0 unspecified atom stereocenters. The van der Waals surface area contributed by atoms with Crippen molar-refractivity contribution in [2.24, 2.45) is 11.7 Å². The molecule has 0 saturated carbocycles. The second-order valence-corrected chi connectivity index (χ2v) is 6.73. The Morgan fingerprint density at radius 1 is 1.11 bits per heavy atom. The van der Waals surface area contributed by atoms with Crippen molar-refractivity contribution >= 4 is 18.3 Å². The van der Waals surface area contributed by atoms with Gasteiger partial charge in [0.1, 0.15) is 11.5 Å². The molecule has 1 aliphatic rings. The number of hydrogen-bond donors (Lipinski definition) is 1. The second kappa shape index (κ2) is 9.11. The smallest absolute Gasteiger partial charge is 0.254 e. The van der Waals surface area contributed by atoms with E-state index in [0.717, 1.165) is 5.56 Å². The van der Waals surface area contributed by atoms with Crippen molar-refractivity contribution in [1.82, 2.24) is 4.90 Å². The molecular formula is C21H27ClN2O3. The van der Waals surface area contributed by atoms with Gasteiger partial charge in [-0.3, -0.25) is 4.79 Å². The molecule has 0 aromatic heterocycles. The number of hydrogen-bond acceptors (Lipinski definition) is 4. The number of halogens is 1. The molecule has 0 bridgehead atoms. The molecule has 1 heterocycles. The van der Waals surface area contributed by atoms with Gasteiger partial charge in [-0.1, -0.05) is 30.3 Å². The van der Waals surface area contributed by atoms with Crippen LogP contribution in [0.25, 0.3) is 0 Å². The minimum Gasteiger partial charge on any atom is -0.496 e. The fourth-order valence-corrected chi connectivity index (χ4v) is 3.75. The highest BCUT2D eigenvalue weighted by Gasteiger charge is 2.35. The Kier molecular flexibility index (Phi) is 7.11. The average molecular weight is 391 g/mol. The number of amides is 1. The molecule has 0 aliphatic carbocycles. The second-order valence-electron chi connectivity index (χ2n) is 6.73. The zero-order chi connectivity index (χ0) is 18.7. The van der Waals surface area contributed by atoms with Gasteiger partial charge in [0.15, 0.2) is 0 Å². The van der Waals surface area contributed by atoms with Gasteiger partial charge in [0, 0.05) is 30.1 Å². The van der Waals surface area contributed by atoms with Crippen LogP contribution in [0.1, 0.15) is 27.4 Å². The first-order chi connectivity index (χ1) is 12.6. The van der Waals surface area contributed by atoms with E-state index in [2.05, 4.69) is 12.1 Å². The predicted molar refractivity (Wildman–Crippen MR) is 109 cm³/mol. The van der Waals surface area contributed by atoms with Gasteiger partial charge >= 0.3 is 0 Å². The zero-order valence-corrected chi connectivity index (χ0v) is 16.8. The monoisotopic (exact) mass is 390 g/mol. The van der Waals surface area contributed by atoms with Crippen LogP contribution in [0.2, 0.25) is 0 Å². The molecule has 6 heteroatoms. The molecule has 5 nitrogen and oxygen atoms in total. The first-order valence-electron chi connectivity index (χ1n) is 8.86. The van der Waals surface area contributed by atoms with Crippen molar-refractivity contribution in [3.05, 3.63) is 59.2 Å². The molecule has 1 saturated heterocycles. The molecule has 27 heavy (non-hydrogen) atoms. The van der Waals surface area contributed by atoms with Crippen molar-refractivity contribution < 1.29 is 14.3 Å². The van der Waals surface area contributed by atoms with Gasteiger partial charge in [0.2, 0.25) is 0 Å². The lowest BCUT2D eigenvalue weighted by molar-refractivity contribution is 0.0785. The minimum absolute atomic E-state index is 0. The lowest BCUT2D eigenvalue weighted by atomic mass is 9.89. The molecule has 2 aromatic carbocycles. The largest absolute Gasteiger partial charge is 0.496 e. The van der Waals surface area contributed by atoms with Crippen molar-refractivity contribution in [2.75, 3.05) is 33.9 Å². The molecule has 3 rings (SSSR count). The summed E-state index contributed by atoms with van der Waals surface area (Å²) in [6.45, 7) is 3.80. The number of nitrogens with zero attached hydrogens (tertiary/aromatic N) is 1. The zero-order valence-electron chi connectivity index (χ0n) is 16.0. The van der Waals surface area contributed by atoms with Crippen LogP contribution in [-0.2, 0) is 0 Å². The van der Waals surface area contributed by atoms with Crippen molar-refractivity contribution in [2.45, 2.75) is 12.8 Å². The van der Waals surface area contributed by atoms with Crippen LogP contribution in [0.15, 0.2) is 42.5 Å². The van der Waals surface area contributed by atoms with Crippen molar-refractivity contribution in [3.63, 3.8) is 0 Å². The van der Waals surface area contributed by atoms with Gasteiger partial charge in [0.25, 0.3) is 5.91 Å². The standard InChI is InChI=1S/C21H26N2O3.ClH/c1-14-19(25-2)9-16(10-20(14)26-3)21(24)23-12-17(11-22)18(13-23)15-7-5-4-6-8-15;/h4-10,17-18H,11-13,22H2,1-3H3;1H/t17-,18+;/m1./s1. The van der Waals surface area contributed by atoms with Crippen molar-refractivity contribution in [1.29, 1.82) is 0 Å². The highest BCUT2D eigenvalue weighted by Crippen LogP contribution is 2.35. The Labute approximate surface area is 166 Å². The van der Waals surface area contributed by atoms with Gasteiger partial charge in [-0.25, -0.2) is 0 Å². The summed E-state index contributed by atoms with van der Waals surface area (Å²) < 4.78 is 10.8. The maximum absolute atomic E-state index is 13.1. The van der Waals surface area contributed by atoms with Gasteiger partial charge in [-0.2, -0.15) is 0 Å². The minimum atomic E-state index is -0.0153. The number of ether oxygens (including phenoxy) is 2. The fraction of sp³-hybridized carbons (Fsp3) is 0.381. The summed E-state index contributed by atoms with van der Waals surface area (Å²) in [5.41, 5.74) is 8.69. The predicted octanol–water partition coefficient (Wildman–Crippen LogP) is 3.25. The van der Waals surface area contributed by atoms with Crippen LogP contribution in [0.5, 0.6) is 11.5 Å². The summed E-state index contributed by atoms with van der Waals surface area (Å²) in [4.78, 5) is 15.0. The SMILES string of the molecule is COc1cc(C(=O)N2C[C@@H](CN)[C@H](c3ccccc3)C2)cc(OC)c1C.Cl. The topological polar surface area (TPSA) is 64.8 Å². The van der Waals surface area contributed by atoms with Crippen LogP contribution in [0, 0.1) is 12.8 Å². The molecule has 0 radical (unpaired) electrons. The molecule has 0 spiro atoms. The molecule has 1 fully saturated rings. The Bertz CT molecular complexity index is 757.